The van der Waals surface area contributed by atoms with Gasteiger partial charge in [-0.2, -0.15) is 13.2 Å². The molecule has 0 aliphatic carbocycles. The van der Waals surface area contributed by atoms with Crippen LogP contribution in [0.1, 0.15) is 32.7 Å². The van der Waals surface area contributed by atoms with E-state index in [2.05, 4.69) is 5.32 Å². The number of alkyl halides is 3. The second-order valence-electron chi connectivity index (χ2n) is 10.9. The highest BCUT2D eigenvalue weighted by Crippen LogP contribution is 2.33. The third-order valence-electron chi connectivity index (χ3n) is 8.00. The number of aryl methyl sites for hydroxylation is 1. The fourth-order valence-electron chi connectivity index (χ4n) is 5.63. The maximum absolute atomic E-state index is 15.2. The van der Waals surface area contributed by atoms with Crippen molar-refractivity contribution in [2.75, 3.05) is 31.3 Å². The number of carboxylic acids is 1. The van der Waals surface area contributed by atoms with E-state index in [4.69, 9.17) is 9.47 Å². The quantitative estimate of drug-likeness (QED) is 0.379. The van der Waals surface area contributed by atoms with Crippen molar-refractivity contribution in [3.05, 3.63) is 91.0 Å². The van der Waals surface area contributed by atoms with Gasteiger partial charge in [0.2, 0.25) is 0 Å². The third kappa shape index (κ3) is 6.35. The van der Waals surface area contributed by atoms with Crippen LogP contribution in [0.15, 0.2) is 46.0 Å². The molecule has 45 heavy (non-hydrogen) atoms. The first-order chi connectivity index (χ1) is 21.3. The number of benzene rings is 2. The number of morpholine rings is 1. The van der Waals surface area contributed by atoms with Crippen LogP contribution in [0.2, 0.25) is 0 Å². The normalized spacial score (nSPS) is 17.5. The first kappa shape index (κ1) is 31.9. The van der Waals surface area contributed by atoms with Gasteiger partial charge in [-0.1, -0.05) is 12.1 Å². The molecule has 5 rings (SSSR count). The molecular formula is C30H30F4N4O7. The van der Waals surface area contributed by atoms with Crippen molar-refractivity contribution in [3.8, 4) is 5.69 Å². The van der Waals surface area contributed by atoms with E-state index in [0.717, 1.165) is 15.5 Å². The Morgan fingerprint density at radius 2 is 1.80 bits per heavy atom. The van der Waals surface area contributed by atoms with Crippen LogP contribution in [-0.4, -0.2) is 70.7 Å². The maximum atomic E-state index is 15.2. The molecule has 3 aromatic rings. The number of carbonyl (C=O) groups excluding carboxylic acids is 1. The lowest BCUT2D eigenvalue weighted by Gasteiger charge is -2.38. The molecule has 2 atom stereocenters. The fourth-order valence-corrected chi connectivity index (χ4v) is 5.63. The number of aromatic nitrogens is 2. The molecule has 240 valence electrons. The van der Waals surface area contributed by atoms with Gasteiger partial charge in [0.05, 0.1) is 43.4 Å². The minimum Gasteiger partial charge on any atom is -0.480 e. The van der Waals surface area contributed by atoms with Gasteiger partial charge in [0.25, 0.3) is 11.5 Å². The topological polar surface area (TPSA) is 132 Å². The van der Waals surface area contributed by atoms with Crippen LogP contribution in [0.3, 0.4) is 0 Å². The van der Waals surface area contributed by atoms with E-state index in [1.165, 1.54) is 41.8 Å². The van der Waals surface area contributed by atoms with Crippen LogP contribution >= 0.6 is 0 Å². The first-order valence-corrected chi connectivity index (χ1v) is 14.0. The molecule has 1 saturated heterocycles. The zero-order valence-electron chi connectivity index (χ0n) is 24.3. The van der Waals surface area contributed by atoms with E-state index >= 15 is 4.39 Å². The number of anilines is 1. The lowest BCUT2D eigenvalue weighted by molar-refractivity contribution is -0.167. The van der Waals surface area contributed by atoms with Gasteiger partial charge in [-0.3, -0.25) is 14.2 Å². The molecule has 0 radical (unpaired) electrons. The zero-order chi connectivity index (χ0) is 32.6. The molecule has 0 bridgehead atoms. The number of halogens is 4. The molecule has 11 nitrogen and oxygen atoms in total. The van der Waals surface area contributed by atoms with Crippen molar-refractivity contribution >= 4 is 17.6 Å². The standard InChI is InChI=1S/C30H30F4N4O7/c1-16-11-19(37-8-10-45-15-24(37)30(32,33)34)13-21(31)25(16)26(39)35-22(28(41)42)12-17-3-5-18(6-4-17)38-27(40)20-7-9-44-14-23(20)36(2)29(38)43/h3-6,11,13,22,24H,7-10,12,14-15H2,1-2H3,(H,35,39)(H,41,42)/t22-,24+/m0/s1. The molecular weight excluding hydrogens is 604 g/mol. The van der Waals surface area contributed by atoms with Gasteiger partial charge in [0, 0.05) is 37.7 Å². The summed E-state index contributed by atoms with van der Waals surface area (Å²) in [6.07, 6.45) is -4.51. The van der Waals surface area contributed by atoms with E-state index in [9.17, 15) is 37.5 Å². The van der Waals surface area contributed by atoms with Gasteiger partial charge in [-0.25, -0.2) is 18.5 Å². The van der Waals surface area contributed by atoms with Crippen LogP contribution in [0.25, 0.3) is 5.69 Å². The van der Waals surface area contributed by atoms with Gasteiger partial charge in [0.1, 0.15) is 17.9 Å². The Bertz CT molecular complexity index is 1730. The number of rotatable bonds is 7. The monoisotopic (exact) mass is 634 g/mol. The molecule has 0 saturated carbocycles. The fraction of sp³-hybridized carbons (Fsp3) is 0.400. The van der Waals surface area contributed by atoms with E-state index in [0.29, 0.717) is 29.8 Å². The number of nitrogens with one attached hydrogen (secondary N) is 1. The zero-order valence-corrected chi connectivity index (χ0v) is 24.3. The van der Waals surface area contributed by atoms with Crippen LogP contribution in [0.4, 0.5) is 23.2 Å². The van der Waals surface area contributed by atoms with E-state index in [-0.39, 0.29) is 43.1 Å². The largest absolute Gasteiger partial charge is 0.480 e. The Morgan fingerprint density at radius 1 is 1.09 bits per heavy atom. The SMILES string of the molecule is Cc1cc(N2CCOC[C@@H]2C(F)(F)F)cc(F)c1C(=O)N[C@@H](Cc1ccc(-n2c(=O)c3c(n(C)c2=O)COCC3)cc1)C(=O)O. The molecule has 2 aliphatic rings. The number of ether oxygens (including phenoxy) is 2. The number of carbonyl (C=O) groups is 2. The van der Waals surface area contributed by atoms with Gasteiger partial charge in [-0.05, 0) is 42.3 Å². The number of aliphatic carboxylic acids is 1. The number of carboxylic acid groups (broad SMARTS) is 1. The van der Waals surface area contributed by atoms with Crippen molar-refractivity contribution in [3.63, 3.8) is 0 Å². The second kappa shape index (κ2) is 12.5. The number of hydrogen-bond acceptors (Lipinski definition) is 7. The molecule has 1 fully saturated rings. The van der Waals surface area contributed by atoms with Gasteiger partial charge >= 0.3 is 17.8 Å². The molecule has 2 aromatic carbocycles. The Balaban J connectivity index is 1.35. The predicted molar refractivity (Wildman–Crippen MR) is 152 cm³/mol. The average Bonchev–Trinajstić information content (AvgIpc) is 2.99. The summed E-state index contributed by atoms with van der Waals surface area (Å²) in [6.45, 7) is 1.09. The molecule has 0 spiro atoms. The molecule has 3 heterocycles. The lowest BCUT2D eigenvalue weighted by Crippen LogP contribution is -2.53. The molecule has 0 unspecified atom stereocenters. The van der Waals surface area contributed by atoms with Crippen LogP contribution in [0.5, 0.6) is 0 Å². The molecule has 1 aromatic heterocycles. The minimum absolute atomic E-state index is 0.00684. The van der Waals surface area contributed by atoms with Gasteiger partial charge < -0.3 is 24.8 Å². The summed E-state index contributed by atoms with van der Waals surface area (Å²) in [5.74, 6) is -3.57. The second-order valence-corrected chi connectivity index (χ2v) is 10.9. The molecule has 2 aliphatic heterocycles. The average molecular weight is 635 g/mol. The van der Waals surface area contributed by atoms with Crippen molar-refractivity contribution in [2.45, 2.75) is 44.6 Å². The van der Waals surface area contributed by atoms with Crippen LogP contribution in [0, 0.1) is 12.7 Å². The van der Waals surface area contributed by atoms with Crippen molar-refractivity contribution in [1.82, 2.24) is 14.5 Å². The minimum atomic E-state index is -4.63. The molecule has 1 amide bonds. The van der Waals surface area contributed by atoms with E-state index in [1.54, 1.807) is 7.05 Å². The van der Waals surface area contributed by atoms with Crippen molar-refractivity contribution in [1.29, 1.82) is 0 Å². The van der Waals surface area contributed by atoms with Crippen molar-refractivity contribution < 1.29 is 41.7 Å². The highest BCUT2D eigenvalue weighted by Gasteiger charge is 2.45. The van der Waals surface area contributed by atoms with E-state index in [1.807, 2.05) is 0 Å². The Hall–Kier alpha value is -4.50. The lowest BCUT2D eigenvalue weighted by atomic mass is 10.0. The first-order valence-electron chi connectivity index (χ1n) is 14.0. The summed E-state index contributed by atoms with van der Waals surface area (Å²) in [7, 11) is 1.54. The summed E-state index contributed by atoms with van der Waals surface area (Å²) in [5, 5.41) is 12.1. The van der Waals surface area contributed by atoms with Gasteiger partial charge in [-0.15, -0.1) is 0 Å². The smallest absolute Gasteiger partial charge is 0.411 e. The number of hydrogen-bond donors (Lipinski definition) is 2. The summed E-state index contributed by atoms with van der Waals surface area (Å²) in [4.78, 5) is 52.1. The highest BCUT2D eigenvalue weighted by molar-refractivity contribution is 5.98. The summed E-state index contributed by atoms with van der Waals surface area (Å²) >= 11 is 0. The highest BCUT2D eigenvalue weighted by atomic mass is 19.4. The Labute approximate surface area is 253 Å². The maximum Gasteiger partial charge on any atom is 0.411 e. The number of amides is 1. The van der Waals surface area contributed by atoms with Crippen molar-refractivity contribution in [2.24, 2.45) is 7.05 Å². The Kier molecular flexibility index (Phi) is 8.85. The predicted octanol–water partition coefficient (Wildman–Crippen LogP) is 2.25. The molecule has 2 N–H and O–H groups in total. The molecule has 15 heteroatoms. The summed E-state index contributed by atoms with van der Waals surface area (Å²) in [5.41, 5.74) is 0.0878. The number of fused-ring (bicyclic) bond motifs is 1. The third-order valence-corrected chi connectivity index (χ3v) is 8.00. The summed E-state index contributed by atoms with van der Waals surface area (Å²) in [6, 6.07) is 4.54. The number of nitrogens with zero attached hydrogens (tertiary/aromatic N) is 3. The van der Waals surface area contributed by atoms with E-state index < -0.39 is 59.4 Å². The van der Waals surface area contributed by atoms with Gasteiger partial charge in [0.15, 0.2) is 0 Å². The summed E-state index contributed by atoms with van der Waals surface area (Å²) < 4.78 is 68.5. The van der Waals surface area contributed by atoms with Crippen LogP contribution < -0.4 is 21.5 Å². The van der Waals surface area contributed by atoms with Crippen LogP contribution in [-0.2, 0) is 40.8 Å². The Morgan fingerprint density at radius 3 is 2.44 bits per heavy atom.